The average Bonchev–Trinajstić information content (AvgIpc) is 3.37. The maximum Gasteiger partial charge on any atom is 0.303 e. The fourth-order valence-corrected chi connectivity index (χ4v) is 5.09. The lowest BCUT2D eigenvalue weighted by molar-refractivity contribution is -0.141. The molecule has 1 aliphatic rings. The third-order valence-corrected chi connectivity index (χ3v) is 6.93. The van der Waals surface area contributed by atoms with Gasteiger partial charge in [-0.1, -0.05) is 54.1 Å². The van der Waals surface area contributed by atoms with E-state index < -0.39 is 12.0 Å². The fraction of sp³-hybridized carbons (Fsp3) is 0.200. The molecule has 0 fully saturated rings. The van der Waals surface area contributed by atoms with Crippen molar-refractivity contribution < 1.29 is 19.4 Å². The number of amides is 1. The summed E-state index contributed by atoms with van der Waals surface area (Å²) in [5.74, 6) is -0.672. The zero-order valence-corrected chi connectivity index (χ0v) is 21.8. The number of nitrogens with zero attached hydrogens (tertiary/aromatic N) is 3. The lowest BCUT2D eigenvalue weighted by Gasteiger charge is -2.22. The van der Waals surface area contributed by atoms with Gasteiger partial charge in [0, 0.05) is 40.1 Å². The van der Waals surface area contributed by atoms with E-state index >= 15 is 0 Å². The van der Waals surface area contributed by atoms with E-state index in [1.54, 1.807) is 7.11 Å². The molecule has 1 N–H and O–H groups in total. The fourth-order valence-electron chi connectivity index (χ4n) is 4.92. The molecule has 1 atom stereocenters. The van der Waals surface area contributed by atoms with E-state index in [2.05, 4.69) is 0 Å². The average molecular weight is 528 g/mol. The van der Waals surface area contributed by atoms with Crippen LogP contribution in [0.2, 0.25) is 5.02 Å². The molecule has 1 amide bonds. The van der Waals surface area contributed by atoms with Gasteiger partial charge in [0.25, 0.3) is 0 Å². The summed E-state index contributed by atoms with van der Waals surface area (Å²) in [6.07, 6.45) is 0.0360. The normalized spacial score (nSPS) is 15.0. The lowest BCUT2D eigenvalue weighted by atomic mass is 9.89. The number of carboxylic acids is 1. The molecule has 0 radical (unpaired) electrons. The van der Waals surface area contributed by atoms with Crippen molar-refractivity contribution in [2.75, 3.05) is 7.11 Å². The quantitative estimate of drug-likeness (QED) is 0.299. The largest absolute Gasteiger partial charge is 0.497 e. The molecule has 0 spiro atoms. The van der Waals surface area contributed by atoms with Crippen LogP contribution in [0.5, 0.6) is 5.75 Å². The topological polar surface area (TPSA) is 92.1 Å². The summed E-state index contributed by atoms with van der Waals surface area (Å²) in [6, 6.07) is 22.7. The van der Waals surface area contributed by atoms with Gasteiger partial charge in [-0.3, -0.25) is 14.6 Å². The van der Waals surface area contributed by atoms with E-state index in [1.807, 2.05) is 79.7 Å². The number of ether oxygens (including phenoxy) is 1. The number of aryl methyl sites for hydroxylation is 1. The molecule has 0 saturated heterocycles. The van der Waals surface area contributed by atoms with Crippen LogP contribution in [-0.4, -0.2) is 39.8 Å². The molecule has 38 heavy (non-hydrogen) atoms. The van der Waals surface area contributed by atoms with Gasteiger partial charge in [-0.25, -0.2) is 5.01 Å². The van der Waals surface area contributed by atoms with Crippen LogP contribution in [0.3, 0.4) is 0 Å². The van der Waals surface area contributed by atoms with Gasteiger partial charge in [-0.05, 0) is 48.4 Å². The minimum Gasteiger partial charge on any atom is -0.497 e. The van der Waals surface area contributed by atoms with E-state index in [0.717, 1.165) is 38.9 Å². The predicted octanol–water partition coefficient (Wildman–Crippen LogP) is 6.41. The number of carbonyl (C=O) groups is 2. The summed E-state index contributed by atoms with van der Waals surface area (Å²) >= 11 is 6.41. The summed E-state index contributed by atoms with van der Waals surface area (Å²) in [7, 11) is 1.60. The Balaban J connectivity index is 1.67. The van der Waals surface area contributed by atoms with Gasteiger partial charge in [0.05, 0.1) is 30.8 Å². The van der Waals surface area contributed by atoms with E-state index in [9.17, 15) is 9.59 Å². The first-order valence-electron chi connectivity index (χ1n) is 12.3. The van der Waals surface area contributed by atoms with Gasteiger partial charge in [-0.15, -0.1) is 0 Å². The Morgan fingerprint density at radius 1 is 1.03 bits per heavy atom. The van der Waals surface area contributed by atoms with Crippen molar-refractivity contribution in [1.29, 1.82) is 0 Å². The lowest BCUT2D eigenvalue weighted by Crippen LogP contribution is -2.27. The zero-order valence-electron chi connectivity index (χ0n) is 21.0. The summed E-state index contributed by atoms with van der Waals surface area (Å²) < 4.78 is 5.30. The molecular formula is C30H26ClN3O4. The maximum atomic E-state index is 13.2. The predicted molar refractivity (Wildman–Crippen MR) is 148 cm³/mol. The number of hydrazone groups is 1. The maximum absolute atomic E-state index is 13.2. The molecule has 7 nitrogen and oxygen atoms in total. The molecule has 1 aromatic heterocycles. The number of methoxy groups -OCH3 is 1. The molecule has 0 bridgehead atoms. The van der Waals surface area contributed by atoms with Crippen molar-refractivity contribution in [2.24, 2.45) is 5.10 Å². The Morgan fingerprint density at radius 2 is 1.76 bits per heavy atom. The monoisotopic (exact) mass is 527 g/mol. The van der Waals surface area contributed by atoms with Crippen molar-refractivity contribution in [3.63, 3.8) is 0 Å². The summed E-state index contributed by atoms with van der Waals surface area (Å²) in [4.78, 5) is 29.3. The van der Waals surface area contributed by atoms with Gasteiger partial charge >= 0.3 is 5.97 Å². The van der Waals surface area contributed by atoms with Crippen molar-refractivity contribution in [2.45, 2.75) is 32.2 Å². The van der Waals surface area contributed by atoms with Crippen LogP contribution in [0.15, 0.2) is 77.9 Å². The van der Waals surface area contributed by atoms with Gasteiger partial charge in [0.1, 0.15) is 5.75 Å². The Labute approximate surface area is 225 Å². The second kappa shape index (κ2) is 10.6. The molecule has 192 valence electrons. The standard InChI is InChI=1S/C30H26ClN3O4/c1-18-29(30(20-6-4-3-5-7-20)23-16-21(31)10-13-24(23)32-18)25-17-26(19-8-11-22(38-2)12-9-19)34(33-25)27(35)14-15-28(36)37/h3-13,16,26H,14-15,17H2,1-2H3,(H,36,37)/t26-/m0/s1. The highest BCUT2D eigenvalue weighted by Gasteiger charge is 2.35. The van der Waals surface area contributed by atoms with Crippen molar-refractivity contribution in [1.82, 2.24) is 9.99 Å². The summed E-state index contributed by atoms with van der Waals surface area (Å²) in [5, 5.41) is 16.9. The van der Waals surface area contributed by atoms with Crippen molar-refractivity contribution in [3.8, 4) is 16.9 Å². The third kappa shape index (κ3) is 4.97. The van der Waals surface area contributed by atoms with E-state index in [0.29, 0.717) is 22.9 Å². The summed E-state index contributed by atoms with van der Waals surface area (Å²) in [5.41, 5.74) is 5.96. The van der Waals surface area contributed by atoms with E-state index in [4.69, 9.17) is 31.5 Å². The molecule has 4 aromatic rings. The number of hydrogen-bond donors (Lipinski definition) is 1. The van der Waals surface area contributed by atoms with Crippen LogP contribution >= 0.6 is 11.6 Å². The number of fused-ring (bicyclic) bond motifs is 1. The second-order valence-corrected chi connectivity index (χ2v) is 9.58. The van der Waals surface area contributed by atoms with E-state index in [1.165, 1.54) is 5.01 Å². The number of hydrogen-bond acceptors (Lipinski definition) is 5. The summed E-state index contributed by atoms with van der Waals surface area (Å²) in [6.45, 7) is 1.94. The Bertz CT molecular complexity index is 1550. The molecular weight excluding hydrogens is 502 g/mol. The van der Waals surface area contributed by atoms with Gasteiger partial charge in [0.15, 0.2) is 0 Å². The van der Waals surface area contributed by atoms with Crippen molar-refractivity contribution >= 4 is 40.1 Å². The van der Waals surface area contributed by atoms with Crippen LogP contribution in [0.4, 0.5) is 0 Å². The third-order valence-electron chi connectivity index (χ3n) is 6.70. The second-order valence-electron chi connectivity index (χ2n) is 9.15. The van der Waals surface area contributed by atoms with Gasteiger partial charge in [-0.2, -0.15) is 5.10 Å². The molecule has 3 aromatic carbocycles. The number of pyridine rings is 1. The highest BCUT2D eigenvalue weighted by molar-refractivity contribution is 6.31. The molecule has 0 aliphatic carbocycles. The van der Waals surface area contributed by atoms with Crippen LogP contribution in [-0.2, 0) is 9.59 Å². The number of carbonyl (C=O) groups excluding carboxylic acids is 1. The first kappa shape index (κ1) is 25.4. The SMILES string of the molecule is COc1ccc([C@@H]2CC(c3c(C)nc4ccc(Cl)cc4c3-c3ccccc3)=NN2C(=O)CCC(=O)O)cc1. The van der Waals surface area contributed by atoms with Crippen LogP contribution in [0.25, 0.3) is 22.0 Å². The highest BCUT2D eigenvalue weighted by atomic mass is 35.5. The number of rotatable bonds is 7. The van der Waals surface area contributed by atoms with Gasteiger partial charge < -0.3 is 9.84 Å². The smallest absolute Gasteiger partial charge is 0.303 e. The zero-order chi connectivity index (χ0) is 26.8. The van der Waals surface area contributed by atoms with Crippen LogP contribution in [0.1, 0.15) is 42.1 Å². The van der Waals surface area contributed by atoms with E-state index in [-0.39, 0.29) is 18.7 Å². The minimum atomic E-state index is -1.03. The number of benzene rings is 3. The van der Waals surface area contributed by atoms with Crippen LogP contribution < -0.4 is 4.74 Å². The molecule has 8 heteroatoms. The Kier molecular flexibility index (Phi) is 7.11. The minimum absolute atomic E-state index is 0.144. The Hall–Kier alpha value is -4.23. The molecule has 1 aliphatic heterocycles. The molecule has 5 rings (SSSR count). The number of carboxylic acid groups (broad SMARTS) is 1. The first-order chi connectivity index (χ1) is 18.4. The van der Waals surface area contributed by atoms with Crippen LogP contribution in [0, 0.1) is 6.92 Å². The highest BCUT2D eigenvalue weighted by Crippen LogP contribution is 2.40. The number of aliphatic carboxylic acids is 1. The van der Waals surface area contributed by atoms with Crippen molar-refractivity contribution in [3.05, 3.63) is 94.6 Å². The first-order valence-corrected chi connectivity index (χ1v) is 12.6. The molecule has 2 heterocycles. The Morgan fingerprint density at radius 3 is 2.45 bits per heavy atom. The molecule has 0 unspecified atom stereocenters. The number of aromatic nitrogens is 1. The number of halogens is 1. The molecule has 0 saturated carbocycles. The van der Waals surface area contributed by atoms with Gasteiger partial charge in [0.2, 0.25) is 5.91 Å².